The standard InChI is InChI=1S/C22H29N5O3/c1-14-23-20(30-24-14)13-25(2)11-17-6-7-19-18-8-15(10-27(19)22(17)29)9-26(12-18)21(28)16-4-3-5-16/h6-7,15-16,18H,3-5,8-13H2,1-2H3/t15-,18+/m0/s1. The van der Waals surface area contributed by atoms with Crippen LogP contribution < -0.4 is 5.56 Å². The number of rotatable bonds is 5. The molecule has 30 heavy (non-hydrogen) atoms. The first-order chi connectivity index (χ1) is 14.5. The van der Waals surface area contributed by atoms with E-state index in [0.717, 1.165) is 43.6 Å². The van der Waals surface area contributed by atoms with Crippen molar-refractivity contribution in [2.45, 2.75) is 58.2 Å². The van der Waals surface area contributed by atoms with Gasteiger partial charge in [-0.3, -0.25) is 14.5 Å². The fourth-order valence-corrected chi connectivity index (χ4v) is 5.19. The van der Waals surface area contributed by atoms with Crippen LogP contribution in [0.4, 0.5) is 0 Å². The molecule has 0 spiro atoms. The van der Waals surface area contributed by atoms with E-state index in [4.69, 9.17) is 4.52 Å². The molecule has 8 nitrogen and oxygen atoms in total. The first kappa shape index (κ1) is 19.5. The van der Waals surface area contributed by atoms with E-state index in [0.29, 0.717) is 43.2 Å². The van der Waals surface area contributed by atoms with Crippen LogP contribution in [0.2, 0.25) is 0 Å². The van der Waals surface area contributed by atoms with Crippen molar-refractivity contribution in [2.75, 3.05) is 20.1 Å². The van der Waals surface area contributed by atoms with Crippen LogP contribution in [0.5, 0.6) is 0 Å². The number of nitrogens with zero attached hydrogens (tertiary/aromatic N) is 5. The first-order valence-corrected chi connectivity index (χ1v) is 11.0. The second-order valence-electron chi connectivity index (χ2n) is 9.28. The molecular formula is C22H29N5O3. The minimum atomic E-state index is 0.0922. The third-order valence-corrected chi connectivity index (χ3v) is 6.86. The number of fused-ring (bicyclic) bond motifs is 4. The Kier molecular flexibility index (Phi) is 4.97. The van der Waals surface area contributed by atoms with Gasteiger partial charge >= 0.3 is 0 Å². The highest BCUT2D eigenvalue weighted by atomic mass is 16.5. The van der Waals surface area contributed by atoms with Crippen LogP contribution in [0.3, 0.4) is 0 Å². The highest BCUT2D eigenvalue weighted by molar-refractivity contribution is 5.79. The summed E-state index contributed by atoms with van der Waals surface area (Å²) in [6, 6.07) is 4.05. The number of pyridine rings is 1. The Labute approximate surface area is 175 Å². The summed E-state index contributed by atoms with van der Waals surface area (Å²) in [5.74, 6) is 2.38. The smallest absolute Gasteiger partial charge is 0.255 e. The number of aromatic nitrogens is 3. The second-order valence-corrected chi connectivity index (χ2v) is 9.28. The molecule has 5 rings (SSSR count). The minimum Gasteiger partial charge on any atom is -0.341 e. The largest absolute Gasteiger partial charge is 0.341 e. The summed E-state index contributed by atoms with van der Waals surface area (Å²) in [6.45, 7) is 5.08. The number of likely N-dealkylation sites (tertiary alicyclic amines) is 1. The lowest BCUT2D eigenvalue weighted by molar-refractivity contribution is -0.141. The number of hydrogen-bond acceptors (Lipinski definition) is 6. The van der Waals surface area contributed by atoms with Crippen molar-refractivity contribution in [3.63, 3.8) is 0 Å². The van der Waals surface area contributed by atoms with E-state index in [1.54, 1.807) is 6.92 Å². The normalized spacial score (nSPS) is 23.4. The molecule has 1 aliphatic carbocycles. The quantitative estimate of drug-likeness (QED) is 0.747. The zero-order valence-corrected chi connectivity index (χ0v) is 17.7. The van der Waals surface area contributed by atoms with Crippen molar-refractivity contribution in [2.24, 2.45) is 11.8 Å². The molecule has 160 valence electrons. The van der Waals surface area contributed by atoms with Crippen molar-refractivity contribution in [3.8, 4) is 0 Å². The molecule has 0 N–H and O–H groups in total. The molecule has 2 bridgehead atoms. The second kappa shape index (κ2) is 7.65. The Bertz CT molecular complexity index is 1010. The summed E-state index contributed by atoms with van der Waals surface area (Å²) in [5.41, 5.74) is 1.95. The number of amides is 1. The van der Waals surface area contributed by atoms with Crippen molar-refractivity contribution < 1.29 is 9.32 Å². The van der Waals surface area contributed by atoms with E-state index in [1.807, 2.05) is 22.6 Å². The number of piperidine rings is 1. The van der Waals surface area contributed by atoms with Gasteiger partial charge in [-0.15, -0.1) is 0 Å². The van der Waals surface area contributed by atoms with Crippen LogP contribution in [0.25, 0.3) is 0 Å². The maximum Gasteiger partial charge on any atom is 0.255 e. The third-order valence-electron chi connectivity index (χ3n) is 6.86. The van der Waals surface area contributed by atoms with Crippen LogP contribution in [0.1, 0.15) is 54.6 Å². The van der Waals surface area contributed by atoms with E-state index in [-0.39, 0.29) is 17.4 Å². The SMILES string of the molecule is Cc1noc(CN(C)Cc2ccc3n(c2=O)C[C@H]2C[C@@H]3CN(C(=O)C3CCC3)C2)n1. The Hall–Kier alpha value is -2.48. The summed E-state index contributed by atoms with van der Waals surface area (Å²) in [6.07, 6.45) is 4.34. The Morgan fingerprint density at radius 2 is 2.07 bits per heavy atom. The molecule has 1 saturated heterocycles. The molecule has 2 atom stereocenters. The molecular weight excluding hydrogens is 382 g/mol. The monoisotopic (exact) mass is 411 g/mol. The number of hydrogen-bond donors (Lipinski definition) is 0. The summed E-state index contributed by atoms with van der Waals surface area (Å²) in [5, 5.41) is 3.82. The number of carbonyl (C=O) groups excluding carboxylic acids is 1. The predicted octanol–water partition coefficient (Wildman–Crippen LogP) is 1.92. The summed E-state index contributed by atoms with van der Waals surface area (Å²) < 4.78 is 7.15. The summed E-state index contributed by atoms with van der Waals surface area (Å²) >= 11 is 0. The van der Waals surface area contributed by atoms with Crippen LogP contribution >= 0.6 is 0 Å². The zero-order chi connectivity index (χ0) is 20.8. The average Bonchev–Trinajstić information content (AvgIpc) is 3.07. The topological polar surface area (TPSA) is 84.5 Å². The molecule has 1 saturated carbocycles. The van der Waals surface area contributed by atoms with Crippen molar-refractivity contribution in [3.05, 3.63) is 45.5 Å². The molecule has 4 heterocycles. The zero-order valence-electron chi connectivity index (χ0n) is 17.7. The van der Waals surface area contributed by atoms with Gasteiger partial charge in [0.05, 0.1) is 6.54 Å². The minimum absolute atomic E-state index is 0.0922. The Morgan fingerprint density at radius 1 is 1.23 bits per heavy atom. The molecule has 2 aromatic heterocycles. The average molecular weight is 412 g/mol. The van der Waals surface area contributed by atoms with Crippen LogP contribution in [0.15, 0.2) is 21.5 Å². The van der Waals surface area contributed by atoms with Crippen molar-refractivity contribution in [1.82, 2.24) is 24.5 Å². The van der Waals surface area contributed by atoms with Crippen LogP contribution in [-0.2, 0) is 24.4 Å². The third kappa shape index (κ3) is 3.57. The lowest BCUT2D eigenvalue weighted by Gasteiger charge is -2.44. The van der Waals surface area contributed by atoms with E-state index < -0.39 is 0 Å². The molecule has 3 aliphatic rings. The predicted molar refractivity (Wildman–Crippen MR) is 110 cm³/mol. The molecule has 2 fully saturated rings. The van der Waals surface area contributed by atoms with Gasteiger partial charge in [0.2, 0.25) is 11.8 Å². The van der Waals surface area contributed by atoms with Crippen LogP contribution in [-0.4, -0.2) is 50.6 Å². The fourth-order valence-electron chi connectivity index (χ4n) is 5.19. The summed E-state index contributed by atoms with van der Waals surface area (Å²) in [4.78, 5) is 34.3. The van der Waals surface area contributed by atoms with E-state index in [1.165, 1.54) is 6.42 Å². The van der Waals surface area contributed by atoms with E-state index >= 15 is 0 Å². The molecule has 0 unspecified atom stereocenters. The lowest BCUT2D eigenvalue weighted by Crippen LogP contribution is -2.51. The first-order valence-electron chi connectivity index (χ1n) is 11.0. The highest BCUT2D eigenvalue weighted by Gasteiger charge is 2.39. The van der Waals surface area contributed by atoms with Gasteiger partial charge in [-0.2, -0.15) is 4.98 Å². The fraction of sp³-hybridized carbons (Fsp3) is 0.636. The summed E-state index contributed by atoms with van der Waals surface area (Å²) in [7, 11) is 1.95. The van der Waals surface area contributed by atoms with E-state index in [9.17, 15) is 9.59 Å². The molecule has 0 aromatic carbocycles. The van der Waals surface area contributed by atoms with Crippen molar-refractivity contribution in [1.29, 1.82) is 0 Å². The van der Waals surface area contributed by atoms with Gasteiger partial charge in [-0.25, -0.2) is 0 Å². The maximum atomic E-state index is 13.2. The van der Waals surface area contributed by atoms with Gasteiger partial charge in [0.15, 0.2) is 5.82 Å². The molecule has 1 amide bonds. The Balaban J connectivity index is 1.31. The van der Waals surface area contributed by atoms with Gasteiger partial charge in [0, 0.05) is 49.3 Å². The number of carbonyl (C=O) groups is 1. The molecule has 2 aliphatic heterocycles. The highest BCUT2D eigenvalue weighted by Crippen LogP contribution is 2.37. The van der Waals surface area contributed by atoms with Gasteiger partial charge in [-0.05, 0) is 45.2 Å². The van der Waals surface area contributed by atoms with Crippen LogP contribution in [0, 0.1) is 18.8 Å². The maximum absolute atomic E-state index is 13.2. The Morgan fingerprint density at radius 3 is 2.77 bits per heavy atom. The van der Waals surface area contributed by atoms with Gasteiger partial charge < -0.3 is 14.0 Å². The van der Waals surface area contributed by atoms with Gasteiger partial charge in [-0.1, -0.05) is 17.6 Å². The molecule has 8 heteroatoms. The molecule has 0 radical (unpaired) electrons. The number of aryl methyl sites for hydroxylation is 1. The van der Waals surface area contributed by atoms with Gasteiger partial charge in [0.1, 0.15) is 0 Å². The van der Waals surface area contributed by atoms with Crippen molar-refractivity contribution >= 4 is 5.91 Å². The lowest BCUT2D eigenvalue weighted by atomic mass is 9.80. The molecule has 2 aromatic rings. The van der Waals surface area contributed by atoms with E-state index in [2.05, 4.69) is 21.1 Å². The van der Waals surface area contributed by atoms with Gasteiger partial charge in [0.25, 0.3) is 5.56 Å².